The topological polar surface area (TPSA) is 88.4 Å². The number of carbonyl (C=O) groups is 1. The minimum atomic E-state index is -0.443. The Hall–Kier alpha value is -3.10. The summed E-state index contributed by atoms with van der Waals surface area (Å²) < 4.78 is 0. The maximum atomic E-state index is 12.2. The summed E-state index contributed by atoms with van der Waals surface area (Å²) in [5.74, 6) is -0.159. The van der Waals surface area contributed by atoms with Crippen LogP contribution >= 0.6 is 11.3 Å². The smallest absolute Gasteiger partial charge is 0.270 e. The lowest BCUT2D eigenvalue weighted by Crippen LogP contribution is -2.29. The Labute approximate surface area is 160 Å². The van der Waals surface area contributed by atoms with Crippen LogP contribution in [0.25, 0.3) is 11.3 Å². The van der Waals surface area contributed by atoms with E-state index in [9.17, 15) is 14.9 Å². The third kappa shape index (κ3) is 5.19. The predicted octanol–water partition coefficient (Wildman–Crippen LogP) is 3.79. The molecule has 0 saturated carbocycles. The predicted molar refractivity (Wildman–Crippen MR) is 106 cm³/mol. The van der Waals surface area contributed by atoms with Gasteiger partial charge in [0.2, 0.25) is 5.91 Å². The van der Waals surface area contributed by atoms with Crippen molar-refractivity contribution in [2.24, 2.45) is 0 Å². The first-order valence-corrected chi connectivity index (χ1v) is 9.12. The average Bonchev–Trinajstić information content (AvgIpc) is 3.10. The number of nitro benzene ring substituents is 1. The van der Waals surface area contributed by atoms with Crippen LogP contribution in [0, 0.1) is 10.1 Å². The molecule has 0 radical (unpaired) electrons. The molecule has 0 aliphatic rings. The van der Waals surface area contributed by atoms with Crippen molar-refractivity contribution in [2.75, 3.05) is 18.9 Å². The number of hydrogen-bond donors (Lipinski definition) is 1. The van der Waals surface area contributed by atoms with E-state index in [1.165, 1.54) is 23.5 Å². The Balaban J connectivity index is 1.59. The molecular weight excluding hydrogens is 364 g/mol. The van der Waals surface area contributed by atoms with Crippen molar-refractivity contribution in [3.8, 4) is 11.3 Å². The fourth-order valence-corrected chi connectivity index (χ4v) is 3.33. The Kier molecular flexibility index (Phi) is 5.90. The molecule has 3 aromatic rings. The number of rotatable bonds is 7. The highest BCUT2D eigenvalue weighted by Crippen LogP contribution is 2.27. The fraction of sp³-hybridized carbons (Fsp3) is 0.158. The largest absolute Gasteiger partial charge is 0.301 e. The summed E-state index contributed by atoms with van der Waals surface area (Å²) >= 11 is 1.29. The number of likely N-dealkylation sites (N-methyl/N-ethyl adjacent to an activating group) is 1. The number of amides is 1. The van der Waals surface area contributed by atoms with Gasteiger partial charge < -0.3 is 5.32 Å². The summed E-state index contributed by atoms with van der Waals surface area (Å²) in [5.41, 5.74) is 2.38. The molecule has 1 amide bonds. The minimum Gasteiger partial charge on any atom is -0.301 e. The van der Waals surface area contributed by atoms with Crippen LogP contribution in [-0.4, -0.2) is 34.3 Å². The van der Waals surface area contributed by atoms with Crippen LogP contribution in [0.2, 0.25) is 0 Å². The van der Waals surface area contributed by atoms with E-state index in [0.717, 1.165) is 5.56 Å². The standard InChI is InChI=1S/C19H18N4O3S/c1-22(11-14-6-3-2-4-7-14)12-18(24)21-19-20-17(13-27-19)15-8-5-9-16(10-15)23(25)26/h2-10,13H,11-12H2,1H3,(H,20,21,24). The molecule has 1 N–H and O–H groups in total. The second-order valence-corrected chi connectivity index (χ2v) is 6.91. The van der Waals surface area contributed by atoms with Crippen LogP contribution in [0.3, 0.4) is 0 Å². The first kappa shape index (κ1) is 18.7. The summed E-state index contributed by atoms with van der Waals surface area (Å²) in [4.78, 5) is 29.0. The number of benzene rings is 2. The Morgan fingerprint density at radius 3 is 2.74 bits per heavy atom. The molecule has 7 nitrogen and oxygen atoms in total. The molecule has 0 bridgehead atoms. The molecule has 1 aromatic heterocycles. The molecule has 138 valence electrons. The maximum absolute atomic E-state index is 12.2. The summed E-state index contributed by atoms with van der Waals surface area (Å²) in [7, 11) is 1.88. The van der Waals surface area contributed by atoms with Gasteiger partial charge in [-0.05, 0) is 12.6 Å². The van der Waals surface area contributed by atoms with E-state index in [2.05, 4.69) is 10.3 Å². The SMILES string of the molecule is CN(CC(=O)Nc1nc(-c2cccc([N+](=O)[O-])c2)cs1)Cc1ccccc1. The molecule has 0 spiro atoms. The van der Waals surface area contributed by atoms with E-state index in [1.54, 1.807) is 17.5 Å². The number of non-ortho nitro benzene ring substituents is 1. The van der Waals surface area contributed by atoms with Gasteiger partial charge in [-0.25, -0.2) is 4.98 Å². The molecule has 27 heavy (non-hydrogen) atoms. The van der Waals surface area contributed by atoms with Crippen LogP contribution in [0.15, 0.2) is 60.0 Å². The average molecular weight is 382 g/mol. The summed E-state index contributed by atoms with van der Waals surface area (Å²) in [6.07, 6.45) is 0. The van der Waals surface area contributed by atoms with E-state index >= 15 is 0 Å². The first-order valence-electron chi connectivity index (χ1n) is 8.24. The van der Waals surface area contributed by atoms with Gasteiger partial charge in [0.1, 0.15) is 0 Å². The lowest BCUT2D eigenvalue weighted by Gasteiger charge is -2.15. The van der Waals surface area contributed by atoms with Crippen LogP contribution in [0.1, 0.15) is 5.56 Å². The van der Waals surface area contributed by atoms with E-state index in [0.29, 0.717) is 22.9 Å². The van der Waals surface area contributed by atoms with E-state index < -0.39 is 4.92 Å². The van der Waals surface area contributed by atoms with E-state index in [4.69, 9.17) is 0 Å². The number of carbonyl (C=O) groups excluding carboxylic acids is 1. The highest BCUT2D eigenvalue weighted by molar-refractivity contribution is 7.14. The Morgan fingerprint density at radius 2 is 2.00 bits per heavy atom. The van der Waals surface area contributed by atoms with Crippen LogP contribution in [-0.2, 0) is 11.3 Å². The number of hydrogen-bond acceptors (Lipinski definition) is 6. The third-order valence-electron chi connectivity index (χ3n) is 3.81. The third-order valence-corrected chi connectivity index (χ3v) is 4.57. The number of anilines is 1. The molecule has 0 atom stereocenters. The van der Waals surface area contributed by atoms with Crippen molar-refractivity contribution < 1.29 is 9.72 Å². The summed E-state index contributed by atoms with van der Waals surface area (Å²) in [6.45, 7) is 0.908. The molecule has 0 aliphatic carbocycles. The quantitative estimate of drug-likeness (QED) is 0.496. The molecule has 0 aliphatic heterocycles. The highest BCUT2D eigenvalue weighted by Gasteiger charge is 2.12. The van der Waals surface area contributed by atoms with E-state index in [-0.39, 0.29) is 18.1 Å². The van der Waals surface area contributed by atoms with Crippen molar-refractivity contribution in [1.29, 1.82) is 0 Å². The summed E-state index contributed by atoms with van der Waals surface area (Å²) in [6, 6.07) is 16.2. The van der Waals surface area contributed by atoms with Crippen molar-refractivity contribution in [2.45, 2.75) is 6.54 Å². The molecule has 0 unspecified atom stereocenters. The van der Waals surface area contributed by atoms with Gasteiger partial charge in [-0.2, -0.15) is 0 Å². The highest BCUT2D eigenvalue weighted by atomic mass is 32.1. The van der Waals surface area contributed by atoms with Gasteiger partial charge in [-0.1, -0.05) is 42.5 Å². The van der Waals surface area contributed by atoms with Crippen molar-refractivity contribution >= 4 is 28.1 Å². The second kappa shape index (κ2) is 8.52. The molecule has 0 fully saturated rings. The molecule has 0 saturated heterocycles. The molecular formula is C19H18N4O3S. The number of nitrogens with one attached hydrogen (secondary N) is 1. The van der Waals surface area contributed by atoms with Gasteiger partial charge >= 0.3 is 0 Å². The van der Waals surface area contributed by atoms with Gasteiger partial charge in [0, 0.05) is 29.6 Å². The minimum absolute atomic E-state index is 0.00798. The van der Waals surface area contributed by atoms with Gasteiger partial charge in [-0.15, -0.1) is 11.3 Å². The lowest BCUT2D eigenvalue weighted by molar-refractivity contribution is -0.384. The molecule has 3 rings (SSSR count). The zero-order valence-electron chi connectivity index (χ0n) is 14.7. The van der Waals surface area contributed by atoms with Gasteiger partial charge in [0.05, 0.1) is 17.2 Å². The van der Waals surface area contributed by atoms with Gasteiger partial charge in [0.25, 0.3) is 5.69 Å². The first-order chi connectivity index (χ1) is 13.0. The fourth-order valence-electron chi connectivity index (χ4n) is 2.60. The zero-order valence-corrected chi connectivity index (χ0v) is 15.5. The molecule has 1 heterocycles. The maximum Gasteiger partial charge on any atom is 0.270 e. The lowest BCUT2D eigenvalue weighted by atomic mass is 10.1. The second-order valence-electron chi connectivity index (χ2n) is 6.05. The van der Waals surface area contributed by atoms with E-state index in [1.807, 2.05) is 42.3 Å². The van der Waals surface area contributed by atoms with Crippen LogP contribution in [0.4, 0.5) is 10.8 Å². The monoisotopic (exact) mass is 382 g/mol. The number of nitrogens with zero attached hydrogens (tertiary/aromatic N) is 3. The number of thiazole rings is 1. The number of aromatic nitrogens is 1. The zero-order chi connectivity index (χ0) is 19.2. The van der Waals surface area contributed by atoms with Crippen molar-refractivity contribution in [3.05, 3.63) is 75.7 Å². The van der Waals surface area contributed by atoms with Gasteiger partial charge in [-0.3, -0.25) is 19.8 Å². The normalized spacial score (nSPS) is 10.7. The Morgan fingerprint density at radius 1 is 1.22 bits per heavy atom. The van der Waals surface area contributed by atoms with Crippen LogP contribution in [0.5, 0.6) is 0 Å². The van der Waals surface area contributed by atoms with Crippen LogP contribution < -0.4 is 5.32 Å². The summed E-state index contributed by atoms with van der Waals surface area (Å²) in [5, 5.41) is 15.9. The Bertz CT molecular complexity index is 943. The number of nitro groups is 1. The molecule has 2 aromatic carbocycles. The van der Waals surface area contributed by atoms with Crippen molar-refractivity contribution in [3.63, 3.8) is 0 Å². The van der Waals surface area contributed by atoms with Gasteiger partial charge in [0.15, 0.2) is 5.13 Å². The van der Waals surface area contributed by atoms with Crippen molar-refractivity contribution in [1.82, 2.24) is 9.88 Å². The molecule has 8 heteroatoms.